The van der Waals surface area contributed by atoms with Crippen LogP contribution in [0.15, 0.2) is 18.2 Å². The first-order chi connectivity index (χ1) is 9.56. The van der Waals surface area contributed by atoms with E-state index in [9.17, 15) is 5.26 Å². The van der Waals surface area contributed by atoms with Crippen LogP contribution in [0.25, 0.3) is 0 Å². The maximum atomic E-state index is 9.32. The number of rotatable bonds is 4. The van der Waals surface area contributed by atoms with E-state index in [1.54, 1.807) is 4.68 Å². The maximum absolute atomic E-state index is 9.32. The highest BCUT2D eigenvalue weighted by Gasteiger charge is 2.18. The molecule has 0 saturated heterocycles. The lowest BCUT2D eigenvalue weighted by Crippen LogP contribution is -2.25. The SMILES string of the molecule is CCN(Cc1cccc(C)n1)c1c(C#N)c(C)nn1C. The minimum Gasteiger partial charge on any atom is -0.350 e. The lowest BCUT2D eigenvalue weighted by Gasteiger charge is -2.23. The Balaban J connectivity index is 2.36. The molecular weight excluding hydrogens is 250 g/mol. The second-order valence-corrected chi connectivity index (χ2v) is 4.80. The van der Waals surface area contributed by atoms with E-state index in [1.165, 1.54) is 0 Å². The third kappa shape index (κ3) is 2.64. The van der Waals surface area contributed by atoms with Gasteiger partial charge in [0.25, 0.3) is 0 Å². The van der Waals surface area contributed by atoms with Crippen LogP contribution in [-0.4, -0.2) is 21.3 Å². The lowest BCUT2D eigenvalue weighted by molar-refractivity contribution is 0.699. The van der Waals surface area contributed by atoms with Crippen molar-refractivity contribution in [2.45, 2.75) is 27.3 Å². The van der Waals surface area contributed by atoms with Crippen molar-refractivity contribution >= 4 is 5.82 Å². The predicted molar refractivity (Wildman–Crippen MR) is 78.4 cm³/mol. The molecule has 0 bridgehead atoms. The number of pyridine rings is 1. The summed E-state index contributed by atoms with van der Waals surface area (Å²) >= 11 is 0. The molecule has 0 amide bonds. The highest BCUT2D eigenvalue weighted by molar-refractivity contribution is 5.57. The Hall–Kier alpha value is -2.35. The summed E-state index contributed by atoms with van der Waals surface area (Å²) in [6.45, 7) is 7.38. The number of hydrogen-bond donors (Lipinski definition) is 0. The summed E-state index contributed by atoms with van der Waals surface area (Å²) in [6.07, 6.45) is 0. The summed E-state index contributed by atoms with van der Waals surface area (Å²) in [6, 6.07) is 8.24. The van der Waals surface area contributed by atoms with E-state index in [-0.39, 0.29) is 0 Å². The van der Waals surface area contributed by atoms with E-state index < -0.39 is 0 Å². The molecule has 0 atom stereocenters. The average Bonchev–Trinajstić information content (AvgIpc) is 2.70. The van der Waals surface area contributed by atoms with Gasteiger partial charge in [0.1, 0.15) is 17.5 Å². The fourth-order valence-corrected chi connectivity index (χ4v) is 2.36. The maximum Gasteiger partial charge on any atom is 0.145 e. The van der Waals surface area contributed by atoms with E-state index in [1.807, 2.05) is 39.1 Å². The first kappa shape index (κ1) is 14.1. The van der Waals surface area contributed by atoms with Crippen LogP contribution in [0, 0.1) is 25.2 Å². The molecular formula is C15H19N5. The van der Waals surface area contributed by atoms with E-state index in [4.69, 9.17) is 0 Å². The van der Waals surface area contributed by atoms with Crippen molar-refractivity contribution in [3.05, 3.63) is 40.8 Å². The molecule has 2 heterocycles. The second-order valence-electron chi connectivity index (χ2n) is 4.80. The van der Waals surface area contributed by atoms with Crippen molar-refractivity contribution in [1.82, 2.24) is 14.8 Å². The summed E-state index contributed by atoms with van der Waals surface area (Å²) in [5.41, 5.74) is 3.40. The molecule has 0 radical (unpaired) electrons. The summed E-state index contributed by atoms with van der Waals surface area (Å²) in [5.74, 6) is 0.857. The zero-order chi connectivity index (χ0) is 14.7. The highest BCUT2D eigenvalue weighted by atomic mass is 15.4. The van der Waals surface area contributed by atoms with E-state index in [2.05, 4.69) is 28.0 Å². The first-order valence-electron chi connectivity index (χ1n) is 6.68. The summed E-state index contributed by atoms with van der Waals surface area (Å²) < 4.78 is 1.77. The van der Waals surface area contributed by atoms with Gasteiger partial charge >= 0.3 is 0 Å². The van der Waals surface area contributed by atoms with Crippen molar-refractivity contribution in [2.75, 3.05) is 11.4 Å². The van der Waals surface area contributed by atoms with Crippen LogP contribution < -0.4 is 4.90 Å². The monoisotopic (exact) mass is 269 g/mol. The first-order valence-corrected chi connectivity index (χ1v) is 6.68. The Bertz CT molecular complexity index is 651. The van der Waals surface area contributed by atoms with Crippen molar-refractivity contribution in [2.24, 2.45) is 7.05 Å². The Morgan fingerprint density at radius 3 is 2.70 bits per heavy atom. The Labute approximate surface area is 119 Å². The van der Waals surface area contributed by atoms with Crippen molar-refractivity contribution in [3.63, 3.8) is 0 Å². The highest BCUT2D eigenvalue weighted by Crippen LogP contribution is 2.23. The molecule has 2 aromatic heterocycles. The van der Waals surface area contributed by atoms with Crippen LogP contribution in [-0.2, 0) is 13.6 Å². The minimum atomic E-state index is 0.641. The van der Waals surface area contributed by atoms with Gasteiger partial charge < -0.3 is 4.90 Å². The van der Waals surface area contributed by atoms with Gasteiger partial charge in [-0.05, 0) is 32.9 Å². The molecule has 0 spiro atoms. The molecule has 104 valence electrons. The van der Waals surface area contributed by atoms with Crippen LogP contribution in [0.1, 0.15) is 29.6 Å². The largest absolute Gasteiger partial charge is 0.350 e. The normalized spacial score (nSPS) is 10.3. The third-order valence-electron chi connectivity index (χ3n) is 3.28. The average molecular weight is 269 g/mol. The molecule has 2 rings (SSSR count). The molecule has 0 unspecified atom stereocenters. The predicted octanol–water partition coefficient (Wildman–Crippen LogP) is 2.33. The molecule has 0 aliphatic rings. The number of hydrogen-bond acceptors (Lipinski definition) is 4. The van der Waals surface area contributed by atoms with E-state index in [0.717, 1.165) is 29.4 Å². The van der Waals surface area contributed by atoms with Crippen LogP contribution in [0.2, 0.25) is 0 Å². The summed E-state index contributed by atoms with van der Waals surface area (Å²) in [5, 5.41) is 13.7. The third-order valence-corrected chi connectivity index (χ3v) is 3.28. The van der Waals surface area contributed by atoms with Gasteiger partial charge in [-0.25, -0.2) is 0 Å². The molecule has 5 heteroatoms. The van der Waals surface area contributed by atoms with E-state index in [0.29, 0.717) is 12.1 Å². The topological polar surface area (TPSA) is 57.7 Å². The Kier molecular flexibility index (Phi) is 4.04. The zero-order valence-electron chi connectivity index (χ0n) is 12.4. The van der Waals surface area contributed by atoms with Gasteiger partial charge in [0.15, 0.2) is 0 Å². The molecule has 0 aromatic carbocycles. The minimum absolute atomic E-state index is 0.641. The number of aryl methyl sites for hydroxylation is 3. The standard InChI is InChI=1S/C15H19N5/c1-5-20(10-13-8-6-7-11(2)17-13)15-14(9-16)12(3)18-19(15)4/h6-8H,5,10H2,1-4H3. The van der Waals surface area contributed by atoms with Gasteiger partial charge in [0, 0.05) is 19.3 Å². The zero-order valence-corrected chi connectivity index (χ0v) is 12.4. The molecule has 2 aromatic rings. The van der Waals surface area contributed by atoms with Gasteiger partial charge in [-0.1, -0.05) is 6.07 Å². The number of anilines is 1. The number of nitrogens with zero attached hydrogens (tertiary/aromatic N) is 5. The van der Waals surface area contributed by atoms with Gasteiger partial charge in [0.05, 0.1) is 17.9 Å². The second kappa shape index (κ2) is 5.74. The fourth-order valence-electron chi connectivity index (χ4n) is 2.36. The molecule has 0 aliphatic heterocycles. The summed E-state index contributed by atoms with van der Waals surface area (Å²) in [4.78, 5) is 6.65. The molecule has 0 N–H and O–H groups in total. The fraction of sp³-hybridized carbons (Fsp3) is 0.400. The molecule has 0 saturated carbocycles. The smallest absolute Gasteiger partial charge is 0.145 e. The van der Waals surface area contributed by atoms with Crippen LogP contribution >= 0.6 is 0 Å². The van der Waals surface area contributed by atoms with Gasteiger partial charge in [-0.2, -0.15) is 10.4 Å². The molecule has 20 heavy (non-hydrogen) atoms. The van der Waals surface area contributed by atoms with Crippen LogP contribution in [0.3, 0.4) is 0 Å². The number of nitriles is 1. The molecule has 5 nitrogen and oxygen atoms in total. The van der Waals surface area contributed by atoms with E-state index >= 15 is 0 Å². The van der Waals surface area contributed by atoms with Crippen molar-refractivity contribution in [1.29, 1.82) is 5.26 Å². The van der Waals surface area contributed by atoms with Crippen LogP contribution in [0.4, 0.5) is 5.82 Å². The Morgan fingerprint density at radius 1 is 1.35 bits per heavy atom. The van der Waals surface area contributed by atoms with Gasteiger partial charge in [0.2, 0.25) is 0 Å². The van der Waals surface area contributed by atoms with Crippen molar-refractivity contribution < 1.29 is 0 Å². The molecule has 0 aliphatic carbocycles. The quantitative estimate of drug-likeness (QED) is 0.854. The lowest BCUT2D eigenvalue weighted by atomic mass is 10.2. The van der Waals surface area contributed by atoms with Crippen molar-refractivity contribution in [3.8, 4) is 6.07 Å². The summed E-state index contributed by atoms with van der Waals surface area (Å²) in [7, 11) is 1.87. The Morgan fingerprint density at radius 2 is 2.10 bits per heavy atom. The van der Waals surface area contributed by atoms with Gasteiger partial charge in [-0.3, -0.25) is 9.67 Å². The van der Waals surface area contributed by atoms with Gasteiger partial charge in [-0.15, -0.1) is 0 Å². The van der Waals surface area contributed by atoms with Crippen LogP contribution in [0.5, 0.6) is 0 Å². The number of aromatic nitrogens is 3. The molecule has 0 fully saturated rings.